The van der Waals surface area contributed by atoms with E-state index in [0.29, 0.717) is 17.9 Å². The number of nitrogens with zero attached hydrogens (tertiary/aromatic N) is 5. The third-order valence-corrected chi connectivity index (χ3v) is 4.52. The second-order valence-electron chi connectivity index (χ2n) is 6.58. The van der Waals surface area contributed by atoms with Crippen LogP contribution >= 0.6 is 0 Å². The number of ether oxygens (including phenoxy) is 2. The molecule has 0 aliphatic rings. The van der Waals surface area contributed by atoms with Gasteiger partial charge in [-0.05, 0) is 31.5 Å². The SMILES string of the molecule is COc1cccc(Cn2nc(C)c(NC(=O)Cn3cc([N+](=O)[O-])c(OC)n3)c2C)c1. The highest BCUT2D eigenvalue weighted by Crippen LogP contribution is 2.25. The van der Waals surface area contributed by atoms with Crippen LogP contribution in [-0.2, 0) is 17.9 Å². The standard InChI is InChI=1S/C19H22N6O5/c1-12-18(13(2)24(21-12)9-14-6-5-7-15(8-14)29-3)20-17(26)11-23-10-16(25(27)28)19(22-23)30-4/h5-8,10H,9,11H2,1-4H3,(H,20,26). The van der Waals surface area contributed by atoms with Gasteiger partial charge in [-0.25, -0.2) is 0 Å². The molecule has 0 radical (unpaired) electrons. The molecule has 158 valence electrons. The van der Waals surface area contributed by atoms with E-state index in [9.17, 15) is 14.9 Å². The summed E-state index contributed by atoms with van der Waals surface area (Å²) in [5.41, 5.74) is 2.74. The quantitative estimate of drug-likeness (QED) is 0.443. The van der Waals surface area contributed by atoms with E-state index in [1.807, 2.05) is 31.2 Å². The molecule has 2 aromatic heterocycles. The van der Waals surface area contributed by atoms with E-state index in [1.54, 1.807) is 18.7 Å². The number of aryl methyl sites for hydroxylation is 1. The first kappa shape index (κ1) is 20.8. The molecule has 11 nitrogen and oxygen atoms in total. The summed E-state index contributed by atoms with van der Waals surface area (Å²) in [6, 6.07) is 7.66. The smallest absolute Gasteiger partial charge is 0.350 e. The van der Waals surface area contributed by atoms with E-state index in [0.717, 1.165) is 27.9 Å². The highest BCUT2D eigenvalue weighted by molar-refractivity contribution is 5.91. The molecular formula is C19H22N6O5. The topological polar surface area (TPSA) is 126 Å². The first-order valence-electron chi connectivity index (χ1n) is 9.05. The number of carbonyl (C=O) groups is 1. The second kappa shape index (κ2) is 8.64. The molecule has 0 bridgehead atoms. The van der Waals surface area contributed by atoms with Crippen molar-refractivity contribution in [2.75, 3.05) is 19.5 Å². The van der Waals surface area contributed by atoms with E-state index < -0.39 is 4.92 Å². The molecule has 2 heterocycles. The average molecular weight is 414 g/mol. The molecule has 0 saturated heterocycles. The Morgan fingerprint density at radius 2 is 2.00 bits per heavy atom. The van der Waals surface area contributed by atoms with E-state index in [4.69, 9.17) is 9.47 Å². The number of anilines is 1. The number of aromatic nitrogens is 4. The van der Waals surface area contributed by atoms with Crippen LogP contribution in [0.25, 0.3) is 0 Å². The van der Waals surface area contributed by atoms with Crippen LogP contribution in [0.4, 0.5) is 11.4 Å². The van der Waals surface area contributed by atoms with Crippen LogP contribution in [0, 0.1) is 24.0 Å². The fraction of sp³-hybridized carbons (Fsp3) is 0.316. The lowest BCUT2D eigenvalue weighted by atomic mass is 10.2. The lowest BCUT2D eigenvalue weighted by molar-refractivity contribution is -0.385. The normalized spacial score (nSPS) is 10.7. The maximum Gasteiger partial charge on any atom is 0.350 e. The summed E-state index contributed by atoms with van der Waals surface area (Å²) in [6.45, 7) is 3.97. The van der Waals surface area contributed by atoms with Gasteiger partial charge in [0, 0.05) is 0 Å². The Hall–Kier alpha value is -3.89. The van der Waals surface area contributed by atoms with Gasteiger partial charge in [0.1, 0.15) is 18.5 Å². The number of hydrogen-bond donors (Lipinski definition) is 1. The van der Waals surface area contributed by atoms with E-state index in [-0.39, 0.29) is 24.0 Å². The van der Waals surface area contributed by atoms with Crippen LogP contribution in [0.5, 0.6) is 11.6 Å². The van der Waals surface area contributed by atoms with Crippen molar-refractivity contribution in [1.82, 2.24) is 19.6 Å². The summed E-state index contributed by atoms with van der Waals surface area (Å²) >= 11 is 0. The van der Waals surface area contributed by atoms with Crippen LogP contribution in [-0.4, -0.2) is 44.6 Å². The Balaban J connectivity index is 1.74. The van der Waals surface area contributed by atoms with Gasteiger partial charge in [0.05, 0.1) is 42.8 Å². The van der Waals surface area contributed by atoms with Crippen LogP contribution in [0.15, 0.2) is 30.5 Å². The van der Waals surface area contributed by atoms with Crippen molar-refractivity contribution < 1.29 is 19.2 Å². The van der Waals surface area contributed by atoms with Crippen molar-refractivity contribution in [3.63, 3.8) is 0 Å². The van der Waals surface area contributed by atoms with E-state index in [2.05, 4.69) is 15.5 Å². The van der Waals surface area contributed by atoms with Crippen LogP contribution in [0.2, 0.25) is 0 Å². The van der Waals surface area contributed by atoms with Gasteiger partial charge >= 0.3 is 11.6 Å². The molecule has 0 spiro atoms. The van der Waals surface area contributed by atoms with Crippen molar-refractivity contribution in [1.29, 1.82) is 0 Å². The molecule has 1 N–H and O–H groups in total. The highest BCUT2D eigenvalue weighted by atomic mass is 16.6. The summed E-state index contributed by atoms with van der Waals surface area (Å²) in [7, 11) is 2.89. The number of hydrogen-bond acceptors (Lipinski definition) is 7. The Kier molecular flexibility index (Phi) is 6.00. The van der Waals surface area contributed by atoms with Crippen molar-refractivity contribution in [2.24, 2.45) is 0 Å². The highest BCUT2D eigenvalue weighted by Gasteiger charge is 2.22. The molecule has 1 aromatic carbocycles. The molecule has 0 unspecified atom stereocenters. The number of nitrogens with one attached hydrogen (secondary N) is 1. The molecule has 0 fully saturated rings. The Bertz CT molecular complexity index is 1090. The zero-order chi connectivity index (χ0) is 21.8. The van der Waals surface area contributed by atoms with Crippen molar-refractivity contribution in [3.05, 3.63) is 57.5 Å². The van der Waals surface area contributed by atoms with E-state index >= 15 is 0 Å². The van der Waals surface area contributed by atoms with Gasteiger partial charge < -0.3 is 14.8 Å². The van der Waals surface area contributed by atoms with Gasteiger partial charge in [0.2, 0.25) is 5.91 Å². The molecule has 0 aliphatic heterocycles. The van der Waals surface area contributed by atoms with Gasteiger partial charge in [-0.1, -0.05) is 12.1 Å². The molecule has 1 amide bonds. The van der Waals surface area contributed by atoms with Crippen molar-refractivity contribution in [2.45, 2.75) is 26.9 Å². The molecular weight excluding hydrogens is 392 g/mol. The average Bonchev–Trinajstić information content (AvgIpc) is 3.24. The number of carbonyl (C=O) groups excluding carboxylic acids is 1. The fourth-order valence-electron chi connectivity index (χ4n) is 3.05. The van der Waals surface area contributed by atoms with Gasteiger partial charge in [-0.15, -0.1) is 5.10 Å². The summed E-state index contributed by atoms with van der Waals surface area (Å²) in [6.07, 6.45) is 1.16. The van der Waals surface area contributed by atoms with Crippen LogP contribution in [0.1, 0.15) is 17.0 Å². The first-order chi connectivity index (χ1) is 14.3. The lowest BCUT2D eigenvalue weighted by Gasteiger charge is -2.08. The second-order valence-corrected chi connectivity index (χ2v) is 6.58. The van der Waals surface area contributed by atoms with Crippen molar-refractivity contribution >= 4 is 17.3 Å². The Labute approximate surface area is 172 Å². The van der Waals surface area contributed by atoms with Gasteiger partial charge in [0.15, 0.2) is 0 Å². The molecule has 30 heavy (non-hydrogen) atoms. The minimum Gasteiger partial charge on any atom is -0.497 e. The predicted molar refractivity (Wildman–Crippen MR) is 108 cm³/mol. The minimum absolute atomic E-state index is 0.147. The maximum atomic E-state index is 12.5. The largest absolute Gasteiger partial charge is 0.497 e. The molecule has 3 rings (SSSR count). The third kappa shape index (κ3) is 4.40. The van der Waals surface area contributed by atoms with Gasteiger partial charge in [-0.2, -0.15) is 5.10 Å². The lowest BCUT2D eigenvalue weighted by Crippen LogP contribution is -2.20. The summed E-state index contributed by atoms with van der Waals surface area (Å²) < 4.78 is 13.1. The van der Waals surface area contributed by atoms with Crippen LogP contribution in [0.3, 0.4) is 0 Å². The number of amides is 1. The van der Waals surface area contributed by atoms with Gasteiger partial charge in [0.25, 0.3) is 0 Å². The first-order valence-corrected chi connectivity index (χ1v) is 9.05. The molecule has 0 atom stereocenters. The number of rotatable bonds is 8. The Morgan fingerprint density at radius 3 is 2.63 bits per heavy atom. The molecule has 3 aromatic rings. The molecule has 11 heteroatoms. The number of benzene rings is 1. The zero-order valence-electron chi connectivity index (χ0n) is 17.1. The van der Waals surface area contributed by atoms with Gasteiger partial charge in [-0.3, -0.25) is 24.3 Å². The predicted octanol–water partition coefficient (Wildman–Crippen LogP) is 2.31. The summed E-state index contributed by atoms with van der Waals surface area (Å²) in [5.74, 6) is 0.222. The molecule has 0 saturated carbocycles. The summed E-state index contributed by atoms with van der Waals surface area (Å²) in [5, 5.41) is 22.2. The zero-order valence-corrected chi connectivity index (χ0v) is 17.1. The fourth-order valence-corrected chi connectivity index (χ4v) is 3.05. The monoisotopic (exact) mass is 414 g/mol. The number of methoxy groups -OCH3 is 2. The van der Waals surface area contributed by atoms with Crippen molar-refractivity contribution in [3.8, 4) is 11.6 Å². The van der Waals surface area contributed by atoms with E-state index in [1.165, 1.54) is 7.11 Å². The minimum atomic E-state index is -0.614. The number of nitro groups is 1. The maximum absolute atomic E-state index is 12.5. The van der Waals surface area contributed by atoms with Crippen LogP contribution < -0.4 is 14.8 Å². The molecule has 0 aliphatic carbocycles. The Morgan fingerprint density at radius 1 is 1.23 bits per heavy atom. The summed E-state index contributed by atoms with van der Waals surface area (Å²) in [4.78, 5) is 22.9. The third-order valence-electron chi connectivity index (χ3n) is 4.52.